The molecule has 0 aromatic heterocycles. The Hall–Kier alpha value is -0.0800. The van der Waals surface area contributed by atoms with Crippen LogP contribution in [0.25, 0.3) is 0 Å². The van der Waals surface area contributed by atoms with Gasteiger partial charge in [0, 0.05) is 12.1 Å². The van der Waals surface area contributed by atoms with Gasteiger partial charge in [0.05, 0.1) is 0 Å². The smallest absolute Gasteiger partial charge is 0.0244 e. The average Bonchev–Trinajstić information content (AvgIpc) is 2.44. The SMILES string of the molecule is NN(C1CCCCCCCCC1)C1CCCCCCC1. The summed E-state index contributed by atoms with van der Waals surface area (Å²) < 4.78 is 0. The summed E-state index contributed by atoms with van der Waals surface area (Å²) in [6.07, 6.45) is 22.4. The van der Waals surface area contributed by atoms with E-state index in [1.807, 2.05) is 0 Å². The molecular formula is C18H36N2. The maximum atomic E-state index is 6.59. The zero-order valence-corrected chi connectivity index (χ0v) is 13.5. The molecule has 0 aromatic carbocycles. The molecule has 0 amide bonds. The number of hydrogen-bond donors (Lipinski definition) is 1. The third-order valence-electron chi connectivity index (χ3n) is 5.49. The molecular weight excluding hydrogens is 244 g/mol. The Balaban J connectivity index is 1.83. The lowest BCUT2D eigenvalue weighted by Crippen LogP contribution is -2.48. The van der Waals surface area contributed by atoms with E-state index in [0.717, 1.165) is 0 Å². The highest BCUT2D eigenvalue weighted by molar-refractivity contribution is 4.77. The fourth-order valence-electron chi connectivity index (χ4n) is 4.12. The quantitative estimate of drug-likeness (QED) is 0.558. The van der Waals surface area contributed by atoms with Crippen molar-refractivity contribution < 1.29 is 0 Å². The summed E-state index contributed by atoms with van der Waals surface area (Å²) in [7, 11) is 0. The second kappa shape index (κ2) is 9.78. The first-order valence-corrected chi connectivity index (χ1v) is 9.41. The predicted octanol–water partition coefficient (Wildman–Crippen LogP) is 5.17. The van der Waals surface area contributed by atoms with Crippen molar-refractivity contribution in [1.29, 1.82) is 0 Å². The minimum atomic E-state index is 0.664. The summed E-state index contributed by atoms with van der Waals surface area (Å²) in [6, 6.07) is 1.33. The molecule has 2 saturated carbocycles. The van der Waals surface area contributed by atoms with Crippen LogP contribution >= 0.6 is 0 Å². The predicted molar refractivity (Wildman–Crippen MR) is 87.5 cm³/mol. The third-order valence-corrected chi connectivity index (χ3v) is 5.49. The monoisotopic (exact) mass is 280 g/mol. The molecule has 0 saturated heterocycles. The van der Waals surface area contributed by atoms with E-state index in [1.54, 1.807) is 0 Å². The van der Waals surface area contributed by atoms with E-state index in [0.29, 0.717) is 12.1 Å². The molecule has 2 heteroatoms. The van der Waals surface area contributed by atoms with Crippen molar-refractivity contribution in [3.8, 4) is 0 Å². The van der Waals surface area contributed by atoms with E-state index in [2.05, 4.69) is 5.01 Å². The normalized spacial score (nSPS) is 26.1. The molecule has 0 radical (unpaired) electrons. The molecule has 2 rings (SSSR count). The van der Waals surface area contributed by atoms with Crippen molar-refractivity contribution in [2.75, 3.05) is 0 Å². The van der Waals surface area contributed by atoms with E-state index in [9.17, 15) is 0 Å². The highest BCUT2D eigenvalue weighted by Gasteiger charge is 2.23. The van der Waals surface area contributed by atoms with Crippen molar-refractivity contribution in [3.05, 3.63) is 0 Å². The lowest BCUT2D eigenvalue weighted by molar-refractivity contribution is 0.0957. The van der Waals surface area contributed by atoms with Crippen molar-refractivity contribution >= 4 is 0 Å². The summed E-state index contributed by atoms with van der Waals surface area (Å²) >= 11 is 0. The maximum Gasteiger partial charge on any atom is 0.0244 e. The van der Waals surface area contributed by atoms with Crippen molar-refractivity contribution in [3.63, 3.8) is 0 Å². The molecule has 0 spiro atoms. The molecule has 20 heavy (non-hydrogen) atoms. The summed E-state index contributed by atoms with van der Waals surface area (Å²) in [5.74, 6) is 6.59. The van der Waals surface area contributed by atoms with Crippen LogP contribution in [0.1, 0.15) is 103 Å². The summed E-state index contributed by atoms with van der Waals surface area (Å²) in [6.45, 7) is 0. The van der Waals surface area contributed by atoms with Crippen LogP contribution in [0.15, 0.2) is 0 Å². The van der Waals surface area contributed by atoms with Gasteiger partial charge in [-0.2, -0.15) is 0 Å². The van der Waals surface area contributed by atoms with E-state index < -0.39 is 0 Å². The molecule has 0 aliphatic heterocycles. The van der Waals surface area contributed by atoms with Crippen molar-refractivity contribution in [2.24, 2.45) is 5.84 Å². The van der Waals surface area contributed by atoms with Crippen LogP contribution in [0.2, 0.25) is 0 Å². The zero-order chi connectivity index (χ0) is 14.0. The highest BCUT2D eigenvalue weighted by atomic mass is 15.4. The Morgan fingerprint density at radius 1 is 0.450 bits per heavy atom. The lowest BCUT2D eigenvalue weighted by atomic mass is 9.92. The van der Waals surface area contributed by atoms with Gasteiger partial charge in [-0.15, -0.1) is 0 Å². The number of rotatable bonds is 2. The Bertz CT molecular complexity index is 224. The Labute approximate surface area is 126 Å². The summed E-state index contributed by atoms with van der Waals surface area (Å²) in [5, 5.41) is 2.31. The van der Waals surface area contributed by atoms with Crippen LogP contribution in [0, 0.1) is 0 Å². The minimum Gasteiger partial charge on any atom is -0.268 e. The number of hydrogen-bond acceptors (Lipinski definition) is 2. The second-order valence-electron chi connectivity index (χ2n) is 7.15. The highest BCUT2D eigenvalue weighted by Crippen LogP contribution is 2.25. The van der Waals surface area contributed by atoms with E-state index in [1.165, 1.54) is 103 Å². The van der Waals surface area contributed by atoms with Gasteiger partial charge in [0.25, 0.3) is 0 Å². The molecule has 0 bridgehead atoms. The first-order chi connectivity index (χ1) is 9.88. The van der Waals surface area contributed by atoms with E-state index in [-0.39, 0.29) is 0 Å². The van der Waals surface area contributed by atoms with Crippen LogP contribution in [-0.4, -0.2) is 17.1 Å². The topological polar surface area (TPSA) is 29.3 Å². The van der Waals surface area contributed by atoms with Gasteiger partial charge in [-0.25, -0.2) is 5.01 Å². The fourth-order valence-corrected chi connectivity index (χ4v) is 4.12. The molecule has 0 aromatic rings. The summed E-state index contributed by atoms with van der Waals surface area (Å²) in [5.41, 5.74) is 0. The number of nitrogens with two attached hydrogens (primary N) is 1. The molecule has 0 unspecified atom stereocenters. The second-order valence-corrected chi connectivity index (χ2v) is 7.15. The zero-order valence-electron chi connectivity index (χ0n) is 13.5. The average molecular weight is 280 g/mol. The van der Waals surface area contributed by atoms with Crippen molar-refractivity contribution in [1.82, 2.24) is 5.01 Å². The molecule has 118 valence electrons. The first kappa shape index (κ1) is 16.3. The first-order valence-electron chi connectivity index (χ1n) is 9.41. The number of nitrogens with zero attached hydrogens (tertiary/aromatic N) is 1. The van der Waals surface area contributed by atoms with Gasteiger partial charge in [0.15, 0.2) is 0 Å². The number of hydrazine groups is 1. The standard InChI is InChI=1S/C18H36N2/c19-20(18-15-11-7-4-8-12-16-18)17-13-9-5-2-1-3-6-10-14-17/h17-18H,1-16,19H2. The molecule has 0 heterocycles. The van der Waals surface area contributed by atoms with Gasteiger partial charge < -0.3 is 0 Å². The van der Waals surface area contributed by atoms with Gasteiger partial charge in [-0.1, -0.05) is 77.0 Å². The lowest BCUT2D eigenvalue weighted by Gasteiger charge is -2.36. The molecule has 2 nitrogen and oxygen atoms in total. The van der Waals surface area contributed by atoms with Gasteiger partial charge in [-0.3, -0.25) is 5.84 Å². The fraction of sp³-hybridized carbons (Fsp3) is 1.00. The van der Waals surface area contributed by atoms with Crippen LogP contribution < -0.4 is 5.84 Å². The Morgan fingerprint density at radius 2 is 0.700 bits per heavy atom. The summed E-state index contributed by atoms with van der Waals surface area (Å²) in [4.78, 5) is 0. The largest absolute Gasteiger partial charge is 0.268 e. The molecule has 2 aliphatic rings. The Morgan fingerprint density at radius 3 is 1.00 bits per heavy atom. The van der Waals surface area contributed by atoms with E-state index in [4.69, 9.17) is 5.84 Å². The van der Waals surface area contributed by atoms with E-state index >= 15 is 0 Å². The molecule has 2 fully saturated rings. The van der Waals surface area contributed by atoms with Crippen molar-refractivity contribution in [2.45, 2.75) is 115 Å². The minimum absolute atomic E-state index is 0.664. The third kappa shape index (κ3) is 5.73. The molecule has 2 aliphatic carbocycles. The van der Waals surface area contributed by atoms with Gasteiger partial charge in [-0.05, 0) is 25.7 Å². The van der Waals surface area contributed by atoms with Gasteiger partial charge >= 0.3 is 0 Å². The van der Waals surface area contributed by atoms with Gasteiger partial charge in [0.1, 0.15) is 0 Å². The molecule has 0 atom stereocenters. The van der Waals surface area contributed by atoms with Crippen LogP contribution in [0.5, 0.6) is 0 Å². The maximum absolute atomic E-state index is 6.59. The van der Waals surface area contributed by atoms with Crippen LogP contribution in [-0.2, 0) is 0 Å². The van der Waals surface area contributed by atoms with Crippen LogP contribution in [0.4, 0.5) is 0 Å². The Kier molecular flexibility index (Phi) is 7.97. The van der Waals surface area contributed by atoms with Gasteiger partial charge in [0.2, 0.25) is 0 Å². The van der Waals surface area contributed by atoms with Crippen LogP contribution in [0.3, 0.4) is 0 Å². The molecule has 2 N–H and O–H groups in total.